The molecule has 0 saturated carbocycles. The van der Waals surface area contributed by atoms with Gasteiger partial charge in [-0.2, -0.15) is 0 Å². The van der Waals surface area contributed by atoms with Gasteiger partial charge < -0.3 is 14.5 Å². The molecule has 6 heteroatoms. The van der Waals surface area contributed by atoms with Crippen LogP contribution in [-0.2, 0) is 19.1 Å². The fraction of sp³-hybridized carbons (Fsp3) is 0.750. The van der Waals surface area contributed by atoms with Crippen molar-refractivity contribution >= 4 is 17.8 Å². The molecule has 2 saturated heterocycles. The predicted octanol–water partition coefficient (Wildman–Crippen LogP) is -0.371. The Morgan fingerprint density at radius 2 is 2.06 bits per heavy atom. The van der Waals surface area contributed by atoms with Gasteiger partial charge in [-0.15, -0.1) is 0 Å². The topological polar surface area (TPSA) is 66.9 Å². The molecule has 0 aromatic carbocycles. The molecular weight excluding hydrogens is 236 g/mol. The van der Waals surface area contributed by atoms with E-state index >= 15 is 0 Å². The first-order valence-electron chi connectivity index (χ1n) is 6.18. The molecule has 0 spiro atoms. The first kappa shape index (κ1) is 12.9. The summed E-state index contributed by atoms with van der Waals surface area (Å²) >= 11 is 0. The molecule has 0 bridgehead atoms. The number of fused-ring (bicyclic) bond motifs is 1. The van der Waals surface area contributed by atoms with Crippen LogP contribution >= 0.6 is 0 Å². The van der Waals surface area contributed by atoms with Crippen LogP contribution in [0, 0.1) is 5.92 Å². The number of nitrogens with zero attached hydrogens (tertiary/aromatic N) is 2. The third-order valence-electron chi connectivity index (χ3n) is 3.75. The number of piperidine rings is 1. The lowest BCUT2D eigenvalue weighted by molar-refractivity contribution is -0.158. The molecule has 2 heterocycles. The highest BCUT2D eigenvalue weighted by Gasteiger charge is 2.45. The standard InChI is InChI=1S/C12H18N2O4/c1-13-7-5-9(15)14-6-3-4-8(12(17)18-2)10(14)11(13)16/h8,10H,3-7H2,1-2H3. The molecule has 0 radical (unpaired) electrons. The zero-order valence-corrected chi connectivity index (χ0v) is 10.7. The molecule has 2 atom stereocenters. The summed E-state index contributed by atoms with van der Waals surface area (Å²) in [6, 6.07) is -0.675. The largest absolute Gasteiger partial charge is 0.469 e. The van der Waals surface area contributed by atoms with Crippen LogP contribution in [-0.4, -0.2) is 60.9 Å². The number of rotatable bonds is 1. The van der Waals surface area contributed by atoms with Gasteiger partial charge >= 0.3 is 5.97 Å². The highest BCUT2D eigenvalue weighted by Crippen LogP contribution is 2.28. The Morgan fingerprint density at radius 3 is 2.72 bits per heavy atom. The van der Waals surface area contributed by atoms with E-state index in [0.29, 0.717) is 25.9 Å². The van der Waals surface area contributed by atoms with Crippen LogP contribution in [0.3, 0.4) is 0 Å². The van der Waals surface area contributed by atoms with Crippen LogP contribution in [0.1, 0.15) is 19.3 Å². The third-order valence-corrected chi connectivity index (χ3v) is 3.75. The molecule has 0 aromatic heterocycles. The van der Waals surface area contributed by atoms with Crippen LogP contribution in [0.15, 0.2) is 0 Å². The first-order valence-corrected chi connectivity index (χ1v) is 6.18. The fourth-order valence-electron chi connectivity index (χ4n) is 2.72. The zero-order valence-electron chi connectivity index (χ0n) is 10.7. The van der Waals surface area contributed by atoms with Crippen molar-refractivity contribution < 1.29 is 19.1 Å². The lowest BCUT2D eigenvalue weighted by atomic mass is 9.88. The molecule has 0 aromatic rings. The van der Waals surface area contributed by atoms with Crippen molar-refractivity contribution in [2.45, 2.75) is 25.3 Å². The van der Waals surface area contributed by atoms with Gasteiger partial charge in [0.05, 0.1) is 13.0 Å². The van der Waals surface area contributed by atoms with Crippen molar-refractivity contribution in [2.75, 3.05) is 27.2 Å². The Bertz CT molecular complexity index is 382. The summed E-state index contributed by atoms with van der Waals surface area (Å²) in [5, 5.41) is 0. The highest BCUT2D eigenvalue weighted by molar-refractivity contribution is 5.94. The predicted molar refractivity (Wildman–Crippen MR) is 62.5 cm³/mol. The summed E-state index contributed by atoms with van der Waals surface area (Å²) in [5.74, 6) is -1.14. The monoisotopic (exact) mass is 254 g/mol. The Kier molecular flexibility index (Phi) is 3.54. The van der Waals surface area contributed by atoms with Gasteiger partial charge in [-0.05, 0) is 12.8 Å². The SMILES string of the molecule is COC(=O)C1CCCN2C(=O)CCN(C)C(=O)C12. The number of carbonyl (C=O) groups excluding carboxylic acids is 3. The Hall–Kier alpha value is -1.59. The van der Waals surface area contributed by atoms with Gasteiger partial charge in [0.15, 0.2) is 0 Å². The Labute approximate surface area is 106 Å². The molecule has 18 heavy (non-hydrogen) atoms. The smallest absolute Gasteiger partial charge is 0.311 e. The van der Waals surface area contributed by atoms with Gasteiger partial charge in [-0.3, -0.25) is 14.4 Å². The molecular formula is C12H18N2O4. The van der Waals surface area contributed by atoms with Crippen molar-refractivity contribution in [3.8, 4) is 0 Å². The minimum atomic E-state index is -0.675. The van der Waals surface area contributed by atoms with E-state index in [1.807, 2.05) is 0 Å². The number of likely N-dealkylation sites (N-methyl/N-ethyl adjacent to an activating group) is 1. The number of hydrogen-bond acceptors (Lipinski definition) is 4. The van der Waals surface area contributed by atoms with Crippen molar-refractivity contribution in [3.63, 3.8) is 0 Å². The van der Waals surface area contributed by atoms with Gasteiger partial charge in [-0.25, -0.2) is 0 Å². The van der Waals surface area contributed by atoms with Crippen molar-refractivity contribution in [1.29, 1.82) is 0 Å². The van der Waals surface area contributed by atoms with Gasteiger partial charge in [0, 0.05) is 26.6 Å². The summed E-state index contributed by atoms with van der Waals surface area (Å²) in [4.78, 5) is 39.1. The third kappa shape index (κ3) is 2.07. The van der Waals surface area contributed by atoms with E-state index in [-0.39, 0.29) is 11.8 Å². The average Bonchev–Trinajstić information content (AvgIpc) is 2.50. The van der Waals surface area contributed by atoms with Gasteiger partial charge in [-0.1, -0.05) is 0 Å². The summed E-state index contributed by atoms with van der Waals surface area (Å²) in [6.45, 7) is 0.967. The Morgan fingerprint density at radius 1 is 1.33 bits per heavy atom. The molecule has 2 rings (SSSR count). The van der Waals surface area contributed by atoms with E-state index < -0.39 is 17.9 Å². The fourth-order valence-corrected chi connectivity index (χ4v) is 2.72. The van der Waals surface area contributed by atoms with Crippen molar-refractivity contribution in [1.82, 2.24) is 9.80 Å². The van der Waals surface area contributed by atoms with Crippen LogP contribution in [0.5, 0.6) is 0 Å². The molecule has 2 unspecified atom stereocenters. The average molecular weight is 254 g/mol. The van der Waals surface area contributed by atoms with E-state index in [0.717, 1.165) is 6.42 Å². The summed E-state index contributed by atoms with van der Waals surface area (Å²) in [7, 11) is 2.98. The molecule has 2 fully saturated rings. The summed E-state index contributed by atoms with van der Waals surface area (Å²) < 4.78 is 4.75. The van der Waals surface area contributed by atoms with E-state index in [9.17, 15) is 14.4 Å². The molecule has 100 valence electrons. The maximum atomic E-state index is 12.3. The van der Waals surface area contributed by atoms with Crippen LogP contribution in [0.4, 0.5) is 0 Å². The normalized spacial score (nSPS) is 28.8. The van der Waals surface area contributed by atoms with E-state index in [1.54, 1.807) is 11.9 Å². The molecule has 0 aliphatic carbocycles. The minimum absolute atomic E-state index is 0.0497. The number of carbonyl (C=O) groups is 3. The number of ether oxygens (including phenoxy) is 1. The lowest BCUT2D eigenvalue weighted by Crippen LogP contribution is -2.55. The number of esters is 1. The van der Waals surface area contributed by atoms with Crippen LogP contribution in [0.25, 0.3) is 0 Å². The molecule has 2 aliphatic rings. The second-order valence-corrected chi connectivity index (χ2v) is 4.81. The van der Waals surface area contributed by atoms with Gasteiger partial charge in [0.1, 0.15) is 6.04 Å². The van der Waals surface area contributed by atoms with E-state index in [4.69, 9.17) is 4.74 Å². The van der Waals surface area contributed by atoms with Gasteiger partial charge in [0.25, 0.3) is 0 Å². The number of methoxy groups -OCH3 is 1. The molecule has 2 amide bonds. The van der Waals surface area contributed by atoms with Crippen LogP contribution < -0.4 is 0 Å². The number of amides is 2. The highest BCUT2D eigenvalue weighted by atomic mass is 16.5. The number of hydrogen-bond donors (Lipinski definition) is 0. The summed E-state index contributed by atoms with van der Waals surface area (Å²) in [6.07, 6.45) is 1.66. The zero-order chi connectivity index (χ0) is 13.3. The summed E-state index contributed by atoms with van der Waals surface area (Å²) in [5.41, 5.74) is 0. The van der Waals surface area contributed by atoms with E-state index in [1.165, 1.54) is 12.0 Å². The molecule has 0 N–H and O–H groups in total. The van der Waals surface area contributed by atoms with Gasteiger partial charge in [0.2, 0.25) is 11.8 Å². The molecule has 6 nitrogen and oxygen atoms in total. The van der Waals surface area contributed by atoms with Crippen molar-refractivity contribution in [3.05, 3.63) is 0 Å². The lowest BCUT2D eigenvalue weighted by Gasteiger charge is -2.38. The minimum Gasteiger partial charge on any atom is -0.469 e. The first-order chi connectivity index (χ1) is 8.56. The van der Waals surface area contributed by atoms with E-state index in [2.05, 4.69) is 0 Å². The quantitative estimate of drug-likeness (QED) is 0.599. The maximum Gasteiger partial charge on any atom is 0.311 e. The van der Waals surface area contributed by atoms with Crippen LogP contribution in [0.2, 0.25) is 0 Å². The molecule has 2 aliphatic heterocycles. The maximum absolute atomic E-state index is 12.3. The Balaban J connectivity index is 2.32. The second-order valence-electron chi connectivity index (χ2n) is 4.81. The van der Waals surface area contributed by atoms with Crippen molar-refractivity contribution in [2.24, 2.45) is 5.92 Å². The second kappa shape index (κ2) is 4.96.